The highest BCUT2D eigenvalue weighted by Gasteiger charge is 2.44. The molecule has 3 aliphatic heterocycles. The van der Waals surface area contributed by atoms with Crippen LogP contribution in [0.15, 0.2) is 35.5 Å². The largest absolute Gasteiger partial charge is 0.459 e. The van der Waals surface area contributed by atoms with E-state index in [0.717, 1.165) is 24.0 Å². The fourth-order valence-electron chi connectivity index (χ4n) is 4.11. The lowest BCUT2D eigenvalue weighted by molar-refractivity contribution is -0.412. The van der Waals surface area contributed by atoms with Crippen LogP contribution >= 0.6 is 0 Å². The molecule has 5 atom stereocenters. The molecule has 6 nitrogen and oxygen atoms in total. The molecule has 154 valence electrons. The smallest absolute Gasteiger partial charge is 0.334 e. The van der Waals surface area contributed by atoms with Crippen molar-refractivity contribution in [3.05, 3.63) is 35.5 Å². The van der Waals surface area contributed by atoms with Gasteiger partial charge in [-0.1, -0.05) is 18.2 Å². The maximum Gasteiger partial charge on any atom is 0.334 e. The van der Waals surface area contributed by atoms with Crippen LogP contribution in [0.5, 0.6) is 0 Å². The van der Waals surface area contributed by atoms with Gasteiger partial charge >= 0.3 is 11.9 Å². The molecule has 0 aromatic carbocycles. The number of fused-ring (bicyclic) bond motifs is 6. The summed E-state index contributed by atoms with van der Waals surface area (Å²) >= 11 is 0. The van der Waals surface area contributed by atoms with Crippen molar-refractivity contribution >= 4 is 11.9 Å². The minimum absolute atomic E-state index is 0.0839. The third-order valence-electron chi connectivity index (χ3n) is 6.05. The van der Waals surface area contributed by atoms with Crippen molar-refractivity contribution in [3.63, 3.8) is 0 Å². The molecule has 2 saturated heterocycles. The molecule has 2 fully saturated rings. The van der Waals surface area contributed by atoms with Gasteiger partial charge in [-0.2, -0.15) is 0 Å². The molecule has 0 saturated carbocycles. The van der Waals surface area contributed by atoms with E-state index in [4.69, 9.17) is 19.2 Å². The molecule has 1 aliphatic carbocycles. The molecule has 0 aromatic rings. The number of ether oxygens (including phenoxy) is 2. The average molecular weight is 390 g/mol. The van der Waals surface area contributed by atoms with Gasteiger partial charge in [0.2, 0.25) is 0 Å². The van der Waals surface area contributed by atoms with Gasteiger partial charge in [0.1, 0.15) is 23.9 Å². The number of carbonyl (C=O) groups excluding carboxylic acids is 2. The molecule has 0 aromatic heterocycles. The minimum Gasteiger partial charge on any atom is -0.459 e. The van der Waals surface area contributed by atoms with Crippen LogP contribution in [0, 0.1) is 5.92 Å². The number of carbonyl (C=O) groups is 2. The van der Waals surface area contributed by atoms with E-state index in [1.165, 1.54) is 6.92 Å². The second-order valence-electron chi connectivity index (χ2n) is 8.35. The minimum atomic E-state index is -0.691. The lowest BCUT2D eigenvalue weighted by atomic mass is 9.85. The first-order chi connectivity index (χ1) is 13.2. The monoisotopic (exact) mass is 390 g/mol. The first kappa shape index (κ1) is 20.8. The summed E-state index contributed by atoms with van der Waals surface area (Å²) < 4.78 is 11.1. The molecule has 2 bridgehead atoms. The zero-order valence-corrected chi connectivity index (χ0v) is 17.2. The highest BCUT2D eigenvalue weighted by Crippen LogP contribution is 2.38. The van der Waals surface area contributed by atoms with Crippen molar-refractivity contribution in [2.45, 2.75) is 83.7 Å². The number of esters is 2. The summed E-state index contributed by atoms with van der Waals surface area (Å²) in [5, 5.41) is 0. The predicted molar refractivity (Wildman–Crippen MR) is 103 cm³/mol. The lowest BCUT2D eigenvalue weighted by Crippen LogP contribution is -2.49. The molecule has 0 N–H and O–H groups in total. The Morgan fingerprint density at radius 3 is 2.71 bits per heavy atom. The summed E-state index contributed by atoms with van der Waals surface area (Å²) in [7, 11) is 0. The van der Waals surface area contributed by atoms with Crippen molar-refractivity contribution in [2.24, 2.45) is 5.92 Å². The highest BCUT2D eigenvalue weighted by molar-refractivity contribution is 5.91. The van der Waals surface area contributed by atoms with Gasteiger partial charge in [-0.15, -0.1) is 0 Å². The predicted octanol–water partition coefficient (Wildman–Crippen LogP) is 3.96. The Morgan fingerprint density at radius 2 is 2.07 bits per heavy atom. The SMILES string of the molecule is C=C1C(=O)OC2C=C(C)CCC(OC(C)=O)C3(C)CCC(OO3)C(C)=CCC12. The van der Waals surface area contributed by atoms with Gasteiger partial charge in [-0.3, -0.25) is 4.79 Å². The van der Waals surface area contributed by atoms with E-state index in [-0.39, 0.29) is 30.1 Å². The quantitative estimate of drug-likeness (QED) is 0.292. The first-order valence-electron chi connectivity index (χ1n) is 9.95. The average Bonchev–Trinajstić information content (AvgIpc) is 2.89. The maximum atomic E-state index is 12.0. The van der Waals surface area contributed by atoms with Gasteiger partial charge < -0.3 is 9.47 Å². The normalized spacial score (nSPS) is 36.7. The Bertz CT molecular complexity index is 711. The van der Waals surface area contributed by atoms with Gasteiger partial charge in [0.25, 0.3) is 0 Å². The van der Waals surface area contributed by atoms with E-state index >= 15 is 0 Å². The van der Waals surface area contributed by atoms with Gasteiger partial charge in [0.05, 0.1) is 0 Å². The van der Waals surface area contributed by atoms with Gasteiger partial charge in [0.15, 0.2) is 0 Å². The molecule has 4 rings (SSSR count). The second kappa shape index (κ2) is 8.21. The third-order valence-corrected chi connectivity index (χ3v) is 6.05. The summed E-state index contributed by atoms with van der Waals surface area (Å²) in [6.45, 7) is 11.3. The van der Waals surface area contributed by atoms with E-state index in [0.29, 0.717) is 24.8 Å². The first-order valence-corrected chi connectivity index (χ1v) is 9.95. The van der Waals surface area contributed by atoms with E-state index in [1.807, 2.05) is 26.8 Å². The van der Waals surface area contributed by atoms with Crippen molar-refractivity contribution in [2.75, 3.05) is 0 Å². The van der Waals surface area contributed by atoms with Crippen molar-refractivity contribution < 1.29 is 28.8 Å². The van der Waals surface area contributed by atoms with Crippen LogP contribution in [0.2, 0.25) is 0 Å². The molecule has 3 heterocycles. The summed E-state index contributed by atoms with van der Waals surface area (Å²) in [4.78, 5) is 35.2. The van der Waals surface area contributed by atoms with Gasteiger partial charge in [-0.05, 0) is 64.5 Å². The number of hydrogen-bond acceptors (Lipinski definition) is 6. The van der Waals surface area contributed by atoms with E-state index in [2.05, 4.69) is 12.7 Å². The van der Waals surface area contributed by atoms with E-state index < -0.39 is 11.7 Å². The third kappa shape index (κ3) is 4.39. The summed E-state index contributed by atoms with van der Waals surface area (Å²) in [5.41, 5.74) is 1.94. The highest BCUT2D eigenvalue weighted by atomic mass is 17.2. The second-order valence-corrected chi connectivity index (χ2v) is 8.35. The maximum absolute atomic E-state index is 12.0. The van der Waals surface area contributed by atoms with E-state index in [1.54, 1.807) is 0 Å². The van der Waals surface area contributed by atoms with Crippen LogP contribution in [0.1, 0.15) is 59.8 Å². The van der Waals surface area contributed by atoms with Crippen LogP contribution in [0.4, 0.5) is 0 Å². The molecule has 4 aliphatic rings. The molecule has 5 unspecified atom stereocenters. The number of hydrogen-bond donors (Lipinski definition) is 0. The van der Waals surface area contributed by atoms with Gasteiger partial charge in [-0.25, -0.2) is 14.6 Å². The Morgan fingerprint density at radius 1 is 1.32 bits per heavy atom. The fraction of sp³-hybridized carbons (Fsp3) is 0.636. The van der Waals surface area contributed by atoms with Crippen LogP contribution in [0.3, 0.4) is 0 Å². The Hall–Kier alpha value is -1.92. The van der Waals surface area contributed by atoms with Crippen molar-refractivity contribution in [3.8, 4) is 0 Å². The Balaban J connectivity index is 1.91. The molecule has 6 heteroatoms. The molecule has 0 radical (unpaired) electrons. The summed E-state index contributed by atoms with van der Waals surface area (Å²) in [5.74, 6) is -0.753. The zero-order chi connectivity index (χ0) is 20.5. The topological polar surface area (TPSA) is 71.1 Å². The molecular formula is C22H30O6. The molecule has 0 spiro atoms. The van der Waals surface area contributed by atoms with Gasteiger partial charge in [0, 0.05) is 18.4 Å². The van der Waals surface area contributed by atoms with E-state index in [9.17, 15) is 9.59 Å². The summed E-state index contributed by atoms with van der Waals surface area (Å²) in [6, 6.07) is 0. The van der Waals surface area contributed by atoms with Crippen LogP contribution in [-0.4, -0.2) is 35.9 Å². The van der Waals surface area contributed by atoms with Crippen LogP contribution < -0.4 is 0 Å². The van der Waals surface area contributed by atoms with Crippen molar-refractivity contribution in [1.29, 1.82) is 0 Å². The molecule has 28 heavy (non-hydrogen) atoms. The summed E-state index contributed by atoms with van der Waals surface area (Å²) in [6.07, 6.45) is 6.66. The standard InChI is InChI=1S/C22H30O6/c1-13-6-9-20(25-16(4)23)22(5)11-10-18(27-28-22)14(2)7-8-17-15(3)21(24)26-19(17)12-13/h7,12,17-20H,3,6,8-11H2,1-2,4-5H3. The van der Waals surface area contributed by atoms with Crippen molar-refractivity contribution in [1.82, 2.24) is 0 Å². The van der Waals surface area contributed by atoms with Crippen LogP contribution in [-0.2, 0) is 28.8 Å². The Kier molecular flexibility index (Phi) is 6.10. The van der Waals surface area contributed by atoms with Crippen LogP contribution in [0.25, 0.3) is 0 Å². The molecular weight excluding hydrogens is 360 g/mol. The lowest BCUT2D eigenvalue weighted by Gasteiger charge is -2.41. The number of rotatable bonds is 1. The zero-order valence-electron chi connectivity index (χ0n) is 17.2. The number of allylic oxidation sites excluding steroid dienone is 2. The fourth-order valence-corrected chi connectivity index (χ4v) is 4.11. The Labute approximate surface area is 166 Å². The molecule has 0 amide bonds.